The molecule has 2 aromatic rings. The number of carbonyl (C=O) groups excluding carboxylic acids is 1. The van der Waals surface area contributed by atoms with Crippen LogP contribution in [-0.2, 0) is 9.57 Å². The Morgan fingerprint density at radius 3 is 2.84 bits per heavy atom. The van der Waals surface area contributed by atoms with E-state index in [1.807, 2.05) is 25.1 Å². The molecule has 0 aliphatic carbocycles. The molecule has 0 radical (unpaired) electrons. The van der Waals surface area contributed by atoms with Gasteiger partial charge in [-0.05, 0) is 36.2 Å². The fourth-order valence-corrected chi connectivity index (χ4v) is 3.77. The van der Waals surface area contributed by atoms with Crippen molar-refractivity contribution in [3.05, 3.63) is 47.2 Å². The average molecular weight is 438 g/mol. The number of likely N-dealkylation sites (tertiary alicyclic amines) is 1. The van der Waals surface area contributed by atoms with Crippen molar-refractivity contribution in [1.29, 1.82) is 5.26 Å². The van der Waals surface area contributed by atoms with E-state index in [-0.39, 0.29) is 30.8 Å². The Kier molecular flexibility index (Phi) is 7.76. The molecule has 1 aliphatic heterocycles. The van der Waals surface area contributed by atoms with Crippen LogP contribution in [0, 0.1) is 18.3 Å². The number of anilines is 1. The molecule has 1 atom stereocenters. The second kappa shape index (κ2) is 10.7. The summed E-state index contributed by atoms with van der Waals surface area (Å²) in [6.45, 7) is 2.95. The van der Waals surface area contributed by atoms with Crippen molar-refractivity contribution in [1.82, 2.24) is 9.88 Å². The number of hydrogen-bond donors (Lipinski definition) is 2. The lowest BCUT2D eigenvalue weighted by Gasteiger charge is -2.22. The predicted octanol–water partition coefficient (Wildman–Crippen LogP) is 2.20. The van der Waals surface area contributed by atoms with Crippen LogP contribution in [0.2, 0.25) is 0 Å². The monoisotopic (exact) mass is 437 g/mol. The largest absolute Gasteiger partial charge is 0.399 e. The zero-order valence-corrected chi connectivity index (χ0v) is 18.5. The van der Waals surface area contributed by atoms with E-state index in [0.29, 0.717) is 36.7 Å². The fourth-order valence-electron chi connectivity index (χ4n) is 3.77. The van der Waals surface area contributed by atoms with E-state index < -0.39 is 0 Å². The Bertz CT molecular complexity index is 1050. The summed E-state index contributed by atoms with van der Waals surface area (Å²) in [7, 11) is 3.06. The molecule has 32 heavy (non-hydrogen) atoms. The first kappa shape index (κ1) is 23.2. The van der Waals surface area contributed by atoms with Crippen molar-refractivity contribution in [2.24, 2.45) is 5.16 Å². The standard InChI is InChI=1S/C23H27N5O4/c1-15-16(12-24)5-4-6-19(15)20-7-8-21(26-22(20)25-9-10-31-2)23(30)28-13-17(27-32-3)11-18(28)14-29/h4-8,18,29H,9-11,13-14H2,1-3H3,(H,25,26). The Labute approximate surface area is 187 Å². The minimum Gasteiger partial charge on any atom is -0.399 e. The highest BCUT2D eigenvalue weighted by molar-refractivity contribution is 6.00. The van der Waals surface area contributed by atoms with Gasteiger partial charge in [-0.1, -0.05) is 17.3 Å². The number of nitrogens with one attached hydrogen (secondary N) is 1. The molecule has 2 N–H and O–H groups in total. The number of methoxy groups -OCH3 is 1. The number of carbonyl (C=O) groups is 1. The van der Waals surface area contributed by atoms with E-state index in [1.165, 1.54) is 7.11 Å². The molecule has 0 bridgehead atoms. The van der Waals surface area contributed by atoms with Crippen LogP contribution in [0.4, 0.5) is 5.82 Å². The number of oxime groups is 1. The second-order valence-electron chi connectivity index (χ2n) is 7.42. The summed E-state index contributed by atoms with van der Waals surface area (Å²) in [4.78, 5) is 24.2. The number of nitriles is 1. The number of amides is 1. The average Bonchev–Trinajstić information content (AvgIpc) is 3.22. The number of aliphatic hydroxyl groups excluding tert-OH is 1. The van der Waals surface area contributed by atoms with Gasteiger partial charge in [0.1, 0.15) is 18.6 Å². The lowest BCUT2D eigenvalue weighted by atomic mass is 9.97. The van der Waals surface area contributed by atoms with Crippen molar-refractivity contribution in [2.45, 2.75) is 19.4 Å². The van der Waals surface area contributed by atoms with E-state index in [0.717, 1.165) is 16.7 Å². The molecule has 1 amide bonds. The SMILES string of the molecule is COCCNc1nc(C(=O)N2CC(=NOC)CC2CO)ccc1-c1cccc(C#N)c1C. The summed E-state index contributed by atoms with van der Waals surface area (Å²) in [5.41, 5.74) is 4.01. The minimum atomic E-state index is -0.377. The zero-order chi connectivity index (χ0) is 23.1. The highest BCUT2D eigenvalue weighted by atomic mass is 16.6. The third-order valence-electron chi connectivity index (χ3n) is 5.41. The first-order valence-electron chi connectivity index (χ1n) is 10.3. The predicted molar refractivity (Wildman–Crippen MR) is 120 cm³/mol. The van der Waals surface area contributed by atoms with Crippen molar-refractivity contribution in [3.63, 3.8) is 0 Å². The second-order valence-corrected chi connectivity index (χ2v) is 7.42. The van der Waals surface area contributed by atoms with Crippen molar-refractivity contribution in [2.75, 3.05) is 45.8 Å². The van der Waals surface area contributed by atoms with Gasteiger partial charge in [0.15, 0.2) is 0 Å². The Morgan fingerprint density at radius 2 is 2.16 bits per heavy atom. The minimum absolute atomic E-state index is 0.175. The molecule has 1 fully saturated rings. The number of aliphatic hydroxyl groups is 1. The first-order valence-corrected chi connectivity index (χ1v) is 10.3. The first-order chi connectivity index (χ1) is 15.5. The van der Waals surface area contributed by atoms with Crippen LogP contribution >= 0.6 is 0 Å². The molecule has 1 aromatic carbocycles. The maximum atomic E-state index is 13.2. The number of rotatable bonds is 8. The number of nitrogens with zero attached hydrogens (tertiary/aromatic N) is 4. The summed E-state index contributed by atoms with van der Waals surface area (Å²) < 4.78 is 5.13. The van der Waals surface area contributed by atoms with E-state index in [1.54, 1.807) is 24.1 Å². The molecular weight excluding hydrogens is 410 g/mol. The van der Waals surface area contributed by atoms with Crippen LogP contribution in [-0.4, -0.2) is 73.2 Å². The fraction of sp³-hybridized carbons (Fsp3) is 0.391. The molecule has 2 heterocycles. The number of aromatic nitrogens is 1. The van der Waals surface area contributed by atoms with Gasteiger partial charge in [0.25, 0.3) is 5.91 Å². The highest BCUT2D eigenvalue weighted by Gasteiger charge is 2.34. The molecule has 0 saturated carbocycles. The molecule has 3 rings (SSSR count). The quantitative estimate of drug-likeness (QED) is 0.480. The number of pyridine rings is 1. The van der Waals surface area contributed by atoms with Gasteiger partial charge in [-0.15, -0.1) is 0 Å². The smallest absolute Gasteiger partial charge is 0.273 e. The van der Waals surface area contributed by atoms with Gasteiger partial charge in [0.2, 0.25) is 0 Å². The van der Waals surface area contributed by atoms with Crippen molar-refractivity contribution >= 4 is 17.4 Å². The van der Waals surface area contributed by atoms with Gasteiger partial charge >= 0.3 is 0 Å². The van der Waals surface area contributed by atoms with Crippen molar-refractivity contribution < 1.29 is 19.5 Å². The molecule has 1 unspecified atom stereocenters. The number of hydrogen-bond acceptors (Lipinski definition) is 8. The van der Waals surface area contributed by atoms with Gasteiger partial charge in [-0.3, -0.25) is 4.79 Å². The molecule has 1 aliphatic rings. The van der Waals surface area contributed by atoms with E-state index in [2.05, 4.69) is 21.5 Å². The Morgan fingerprint density at radius 1 is 1.34 bits per heavy atom. The van der Waals surface area contributed by atoms with Crippen LogP contribution in [0.3, 0.4) is 0 Å². The van der Waals surface area contributed by atoms with E-state index in [4.69, 9.17) is 9.57 Å². The summed E-state index contributed by atoms with van der Waals surface area (Å²) >= 11 is 0. The molecule has 168 valence electrons. The molecule has 9 heteroatoms. The van der Waals surface area contributed by atoms with E-state index in [9.17, 15) is 15.2 Å². The molecule has 1 saturated heterocycles. The van der Waals surface area contributed by atoms with Gasteiger partial charge < -0.3 is 24.9 Å². The van der Waals surface area contributed by atoms with Gasteiger partial charge in [-0.25, -0.2) is 4.98 Å². The van der Waals surface area contributed by atoms with Gasteiger partial charge in [0, 0.05) is 25.6 Å². The zero-order valence-electron chi connectivity index (χ0n) is 18.5. The summed E-state index contributed by atoms with van der Waals surface area (Å²) in [6.07, 6.45) is 0.452. The maximum Gasteiger partial charge on any atom is 0.273 e. The van der Waals surface area contributed by atoms with Crippen LogP contribution in [0.25, 0.3) is 11.1 Å². The molecule has 1 aromatic heterocycles. The van der Waals surface area contributed by atoms with Crippen molar-refractivity contribution in [3.8, 4) is 17.2 Å². The maximum absolute atomic E-state index is 13.2. The summed E-state index contributed by atoms with van der Waals surface area (Å²) in [5.74, 6) is 0.228. The normalized spacial score (nSPS) is 16.8. The van der Waals surface area contributed by atoms with Crippen LogP contribution < -0.4 is 5.32 Å². The van der Waals surface area contributed by atoms with E-state index >= 15 is 0 Å². The van der Waals surface area contributed by atoms with Crippen LogP contribution in [0.5, 0.6) is 0 Å². The van der Waals surface area contributed by atoms with Gasteiger partial charge in [-0.2, -0.15) is 5.26 Å². The Balaban J connectivity index is 1.99. The number of benzene rings is 1. The molecule has 0 spiro atoms. The highest BCUT2D eigenvalue weighted by Crippen LogP contribution is 2.31. The molecule has 9 nitrogen and oxygen atoms in total. The van der Waals surface area contributed by atoms with Crippen LogP contribution in [0.15, 0.2) is 35.5 Å². The van der Waals surface area contributed by atoms with Crippen LogP contribution in [0.1, 0.15) is 28.0 Å². The summed E-state index contributed by atoms with van der Waals surface area (Å²) in [5, 5.41) is 26.3. The third-order valence-corrected chi connectivity index (χ3v) is 5.41. The topological polar surface area (TPSA) is 120 Å². The lowest BCUT2D eigenvalue weighted by molar-refractivity contribution is 0.0674. The Hall–Kier alpha value is -3.48. The van der Waals surface area contributed by atoms with Gasteiger partial charge in [0.05, 0.1) is 43.1 Å². The third kappa shape index (κ3) is 4.88. The molecular formula is C23H27N5O4. The lowest BCUT2D eigenvalue weighted by Crippen LogP contribution is -2.38. The number of ether oxygens (including phenoxy) is 1. The summed E-state index contributed by atoms with van der Waals surface area (Å²) in [6, 6.07) is 10.8.